The highest BCUT2D eigenvalue weighted by Gasteiger charge is 2.56. The molecule has 2 aliphatic heterocycles. The van der Waals surface area contributed by atoms with Crippen molar-refractivity contribution in [3.63, 3.8) is 0 Å². The van der Waals surface area contributed by atoms with Crippen LogP contribution in [0.15, 0.2) is 0 Å². The van der Waals surface area contributed by atoms with Gasteiger partial charge in [0, 0.05) is 64.4 Å². The molecule has 8 heteroatoms. The van der Waals surface area contributed by atoms with Crippen molar-refractivity contribution >= 4 is 11.9 Å². The second kappa shape index (κ2) is 12.1. The van der Waals surface area contributed by atoms with Crippen molar-refractivity contribution in [3.05, 3.63) is 0 Å². The molecule has 8 unspecified atom stereocenters. The van der Waals surface area contributed by atoms with E-state index in [1.54, 1.807) is 0 Å². The fourth-order valence-corrected chi connectivity index (χ4v) is 8.14. The van der Waals surface area contributed by atoms with Gasteiger partial charge in [-0.05, 0) is 75.0 Å². The number of hydrogen-bond acceptors (Lipinski definition) is 8. The van der Waals surface area contributed by atoms with Crippen LogP contribution < -0.4 is 10.6 Å². The van der Waals surface area contributed by atoms with E-state index in [1.165, 1.54) is 25.7 Å². The van der Waals surface area contributed by atoms with Gasteiger partial charge in [0.1, 0.15) is 0 Å². The molecule has 5 aliphatic rings. The topological polar surface area (TPSA) is 83.1 Å². The van der Waals surface area contributed by atoms with Gasteiger partial charge in [-0.2, -0.15) is 0 Å². The molecule has 0 aromatic heterocycles. The van der Waals surface area contributed by atoms with E-state index in [2.05, 4.69) is 34.3 Å². The minimum absolute atomic E-state index is 0.0352. The molecule has 8 nitrogen and oxygen atoms in total. The monoisotopic (exact) mass is 504 g/mol. The van der Waals surface area contributed by atoms with Crippen LogP contribution in [0.25, 0.3) is 0 Å². The Kier molecular flexibility index (Phi) is 8.87. The van der Waals surface area contributed by atoms with Crippen LogP contribution in [0.4, 0.5) is 0 Å². The number of fused-ring (bicyclic) bond motifs is 5. The summed E-state index contributed by atoms with van der Waals surface area (Å²) in [6.45, 7) is 13.2. The highest BCUT2D eigenvalue weighted by molar-refractivity contribution is 5.69. The number of piperazine rings is 2. The second-order valence-electron chi connectivity index (χ2n) is 12.5. The lowest BCUT2D eigenvalue weighted by Gasteiger charge is -2.32. The summed E-state index contributed by atoms with van der Waals surface area (Å²) in [5.41, 5.74) is 0. The minimum atomic E-state index is -0.0405. The average molecular weight is 505 g/mol. The molecule has 0 spiro atoms. The summed E-state index contributed by atoms with van der Waals surface area (Å²) >= 11 is 0. The Bertz CT molecular complexity index is 766. The molecule has 8 atom stereocenters. The molecule has 0 aromatic rings. The van der Waals surface area contributed by atoms with E-state index in [4.69, 9.17) is 9.47 Å². The van der Waals surface area contributed by atoms with Gasteiger partial charge in [-0.25, -0.2) is 0 Å². The maximum Gasteiger partial charge on any atom is 0.307 e. The summed E-state index contributed by atoms with van der Waals surface area (Å²) in [7, 11) is 0. The predicted molar refractivity (Wildman–Crippen MR) is 138 cm³/mol. The van der Waals surface area contributed by atoms with Crippen LogP contribution in [-0.2, 0) is 19.1 Å². The Hall–Kier alpha value is -1.22. The first kappa shape index (κ1) is 26.4. The van der Waals surface area contributed by atoms with Crippen LogP contribution in [-0.4, -0.2) is 99.4 Å². The summed E-state index contributed by atoms with van der Waals surface area (Å²) in [5.74, 6) is 3.97. The van der Waals surface area contributed by atoms with Crippen LogP contribution in [0.1, 0.15) is 52.4 Å². The molecular formula is C28H48N4O4. The largest absolute Gasteiger partial charge is 0.465 e. The van der Waals surface area contributed by atoms with Crippen molar-refractivity contribution in [2.75, 3.05) is 65.6 Å². The summed E-state index contributed by atoms with van der Waals surface area (Å²) in [4.78, 5) is 29.5. The smallest absolute Gasteiger partial charge is 0.307 e. The van der Waals surface area contributed by atoms with Crippen LogP contribution in [0.3, 0.4) is 0 Å². The lowest BCUT2D eigenvalue weighted by Crippen LogP contribution is -2.49. The molecule has 2 bridgehead atoms. The number of carbonyl (C=O) groups is 2. The van der Waals surface area contributed by atoms with Crippen molar-refractivity contribution in [1.29, 1.82) is 0 Å². The number of nitrogens with zero attached hydrogens (tertiary/aromatic N) is 2. The molecule has 204 valence electrons. The molecule has 2 saturated heterocycles. The molecule has 2 N–H and O–H groups in total. The Morgan fingerprint density at radius 1 is 0.750 bits per heavy atom. The molecule has 3 aliphatic carbocycles. The van der Waals surface area contributed by atoms with Gasteiger partial charge < -0.3 is 20.1 Å². The van der Waals surface area contributed by atoms with Gasteiger partial charge in [-0.15, -0.1) is 0 Å². The van der Waals surface area contributed by atoms with Gasteiger partial charge in [0.25, 0.3) is 0 Å². The molecule has 0 radical (unpaired) electrons. The van der Waals surface area contributed by atoms with Gasteiger partial charge in [-0.1, -0.05) is 0 Å². The maximum atomic E-state index is 12.4. The van der Waals surface area contributed by atoms with Crippen molar-refractivity contribution < 1.29 is 19.1 Å². The van der Waals surface area contributed by atoms with Gasteiger partial charge in [0.05, 0.1) is 26.1 Å². The number of carbonyl (C=O) groups excluding carboxylic acids is 2. The van der Waals surface area contributed by atoms with E-state index in [0.29, 0.717) is 55.9 Å². The van der Waals surface area contributed by atoms with Crippen molar-refractivity contribution in [2.24, 2.45) is 35.5 Å². The third-order valence-corrected chi connectivity index (χ3v) is 9.81. The quantitative estimate of drug-likeness (QED) is 0.436. The van der Waals surface area contributed by atoms with Crippen LogP contribution >= 0.6 is 0 Å². The summed E-state index contributed by atoms with van der Waals surface area (Å²) in [5, 5.41) is 6.89. The SMILES string of the molecule is CC1CN(CCC(=O)OCC2CC3C4CC(COC(=O)CCN5CCNC(C)C5)C(C4)C3C2)CCN1. The van der Waals surface area contributed by atoms with Crippen molar-refractivity contribution in [3.8, 4) is 0 Å². The molecule has 2 heterocycles. The first-order valence-electron chi connectivity index (χ1n) is 14.7. The van der Waals surface area contributed by atoms with E-state index >= 15 is 0 Å². The predicted octanol–water partition coefficient (Wildman–Crippen LogP) is 1.74. The normalized spacial score (nSPS) is 38.7. The number of nitrogens with one attached hydrogen (secondary N) is 2. The Morgan fingerprint density at radius 2 is 1.33 bits per heavy atom. The van der Waals surface area contributed by atoms with Gasteiger partial charge in [0.2, 0.25) is 0 Å². The molecular weight excluding hydrogens is 456 g/mol. The first-order chi connectivity index (χ1) is 17.4. The minimum Gasteiger partial charge on any atom is -0.465 e. The fraction of sp³-hybridized carbons (Fsp3) is 0.929. The number of ether oxygens (including phenoxy) is 2. The summed E-state index contributed by atoms with van der Waals surface area (Å²) < 4.78 is 11.5. The lowest BCUT2D eigenvalue weighted by molar-refractivity contribution is -0.146. The third kappa shape index (κ3) is 6.61. The van der Waals surface area contributed by atoms with Crippen molar-refractivity contribution in [1.82, 2.24) is 20.4 Å². The van der Waals surface area contributed by atoms with Gasteiger partial charge in [-0.3, -0.25) is 19.4 Å². The molecule has 3 saturated carbocycles. The highest BCUT2D eigenvalue weighted by atomic mass is 16.5. The standard InChI is InChI=1S/C28H48N4O4/c1-19-15-31(9-5-29-19)7-3-27(33)35-17-21-11-24-22-13-23(25(14-22)26(24)12-21)18-36-28(34)4-8-32-10-6-30-20(2)16-32/h19-26,29-30H,3-18H2,1-2H3. The Morgan fingerprint density at radius 3 is 1.94 bits per heavy atom. The van der Waals surface area contributed by atoms with Crippen LogP contribution in [0.2, 0.25) is 0 Å². The third-order valence-electron chi connectivity index (χ3n) is 9.81. The summed E-state index contributed by atoms with van der Waals surface area (Å²) in [6, 6.07) is 0.994. The number of hydrogen-bond donors (Lipinski definition) is 2. The zero-order chi connectivity index (χ0) is 25.1. The van der Waals surface area contributed by atoms with E-state index in [0.717, 1.165) is 70.1 Å². The van der Waals surface area contributed by atoms with Crippen molar-refractivity contribution in [2.45, 2.75) is 64.5 Å². The number of esters is 2. The fourth-order valence-electron chi connectivity index (χ4n) is 8.14. The Labute approximate surface area is 217 Å². The highest BCUT2D eigenvalue weighted by Crippen LogP contribution is 2.62. The maximum absolute atomic E-state index is 12.4. The van der Waals surface area contributed by atoms with Gasteiger partial charge in [0.15, 0.2) is 0 Å². The molecule has 36 heavy (non-hydrogen) atoms. The van der Waals surface area contributed by atoms with E-state index < -0.39 is 0 Å². The lowest BCUT2D eigenvalue weighted by atomic mass is 9.76. The van der Waals surface area contributed by atoms with Crippen LogP contribution in [0, 0.1) is 35.5 Å². The number of rotatable bonds is 10. The van der Waals surface area contributed by atoms with E-state index in [-0.39, 0.29) is 11.9 Å². The Balaban J connectivity index is 0.977. The first-order valence-corrected chi connectivity index (χ1v) is 14.7. The van der Waals surface area contributed by atoms with E-state index in [1.807, 2.05) is 0 Å². The van der Waals surface area contributed by atoms with E-state index in [9.17, 15) is 9.59 Å². The zero-order valence-corrected chi connectivity index (χ0v) is 22.5. The molecule has 5 rings (SSSR count). The average Bonchev–Trinajstić information content (AvgIpc) is 3.56. The second-order valence-corrected chi connectivity index (χ2v) is 12.5. The van der Waals surface area contributed by atoms with Crippen LogP contribution in [0.5, 0.6) is 0 Å². The molecule has 0 aromatic carbocycles. The summed E-state index contributed by atoms with van der Waals surface area (Å²) in [6.07, 6.45) is 5.92. The van der Waals surface area contributed by atoms with Gasteiger partial charge >= 0.3 is 11.9 Å². The molecule has 5 fully saturated rings. The zero-order valence-electron chi connectivity index (χ0n) is 22.5. The molecule has 0 amide bonds.